The third-order valence-corrected chi connectivity index (χ3v) is 5.17. The molecule has 2 saturated heterocycles. The number of likely N-dealkylation sites (N-methyl/N-ethyl adjacent to an activating group) is 1. The number of benzene rings is 1. The third kappa shape index (κ3) is 3.50. The minimum atomic E-state index is -0.454. The van der Waals surface area contributed by atoms with Crippen molar-refractivity contribution in [1.82, 2.24) is 9.80 Å². The standard InChI is InChI=1S/C17H23N5O2/c1-19-8-10-20(11-9-19)15-4-6-21(7-5-15)17-3-2-16(22(23)24)12-14(17)13-18/h2-3,12,15H,4-11H2,1H3. The number of hydrogen-bond donors (Lipinski definition) is 0. The predicted octanol–water partition coefficient (Wildman–Crippen LogP) is 1.68. The Balaban J connectivity index is 1.64. The molecule has 2 fully saturated rings. The van der Waals surface area contributed by atoms with Crippen molar-refractivity contribution in [1.29, 1.82) is 5.26 Å². The van der Waals surface area contributed by atoms with E-state index in [0.29, 0.717) is 11.6 Å². The van der Waals surface area contributed by atoms with Gasteiger partial charge in [0.05, 0.1) is 16.2 Å². The van der Waals surface area contributed by atoms with Gasteiger partial charge in [0.2, 0.25) is 0 Å². The van der Waals surface area contributed by atoms with Gasteiger partial charge in [0.15, 0.2) is 0 Å². The van der Waals surface area contributed by atoms with E-state index in [1.165, 1.54) is 12.1 Å². The van der Waals surface area contributed by atoms with Crippen molar-refractivity contribution >= 4 is 11.4 Å². The van der Waals surface area contributed by atoms with E-state index < -0.39 is 4.92 Å². The monoisotopic (exact) mass is 329 g/mol. The molecule has 24 heavy (non-hydrogen) atoms. The molecule has 0 aliphatic carbocycles. The number of nitrogens with zero attached hydrogens (tertiary/aromatic N) is 5. The molecular weight excluding hydrogens is 306 g/mol. The normalized spacial score (nSPS) is 20.8. The van der Waals surface area contributed by atoms with Crippen LogP contribution < -0.4 is 4.90 Å². The average molecular weight is 329 g/mol. The summed E-state index contributed by atoms with van der Waals surface area (Å²) in [5.41, 5.74) is 1.18. The summed E-state index contributed by atoms with van der Waals surface area (Å²) in [6.45, 7) is 6.29. The van der Waals surface area contributed by atoms with Crippen LogP contribution in [0.5, 0.6) is 0 Å². The number of rotatable bonds is 3. The van der Waals surface area contributed by atoms with Crippen LogP contribution in [-0.4, -0.2) is 67.1 Å². The molecule has 3 rings (SSSR count). The van der Waals surface area contributed by atoms with E-state index in [-0.39, 0.29) is 5.69 Å². The number of nitro groups is 1. The van der Waals surface area contributed by atoms with Crippen LogP contribution in [0.25, 0.3) is 0 Å². The highest BCUT2D eigenvalue weighted by molar-refractivity contribution is 5.63. The van der Waals surface area contributed by atoms with Gasteiger partial charge < -0.3 is 9.80 Å². The second-order valence-corrected chi connectivity index (χ2v) is 6.63. The zero-order valence-corrected chi connectivity index (χ0v) is 14.0. The molecule has 0 amide bonds. The van der Waals surface area contributed by atoms with Gasteiger partial charge in [0, 0.05) is 57.4 Å². The second kappa shape index (κ2) is 7.16. The van der Waals surface area contributed by atoms with Gasteiger partial charge in [-0.05, 0) is 26.0 Å². The van der Waals surface area contributed by atoms with Crippen molar-refractivity contribution in [3.8, 4) is 6.07 Å². The molecule has 0 atom stereocenters. The molecule has 1 aromatic carbocycles. The Morgan fingerprint density at radius 3 is 2.42 bits per heavy atom. The first-order valence-corrected chi connectivity index (χ1v) is 8.44. The Morgan fingerprint density at radius 1 is 1.17 bits per heavy atom. The highest BCUT2D eigenvalue weighted by atomic mass is 16.6. The van der Waals surface area contributed by atoms with Crippen LogP contribution >= 0.6 is 0 Å². The van der Waals surface area contributed by atoms with Crippen molar-refractivity contribution in [2.45, 2.75) is 18.9 Å². The zero-order chi connectivity index (χ0) is 17.1. The topological polar surface area (TPSA) is 76.7 Å². The Morgan fingerprint density at radius 2 is 1.83 bits per heavy atom. The predicted molar refractivity (Wildman–Crippen MR) is 92.1 cm³/mol. The summed E-state index contributed by atoms with van der Waals surface area (Å²) in [5, 5.41) is 20.2. The first-order chi connectivity index (χ1) is 11.6. The molecule has 7 heteroatoms. The van der Waals surface area contributed by atoms with Crippen LogP contribution in [0.1, 0.15) is 18.4 Å². The van der Waals surface area contributed by atoms with E-state index in [1.807, 2.05) is 0 Å². The maximum absolute atomic E-state index is 10.9. The molecule has 0 radical (unpaired) electrons. The fraction of sp³-hybridized carbons (Fsp3) is 0.588. The summed E-state index contributed by atoms with van der Waals surface area (Å²) >= 11 is 0. The summed E-state index contributed by atoms with van der Waals surface area (Å²) in [4.78, 5) is 17.6. The molecule has 128 valence electrons. The van der Waals surface area contributed by atoms with E-state index in [4.69, 9.17) is 0 Å². The number of nitriles is 1. The minimum Gasteiger partial charge on any atom is -0.370 e. The van der Waals surface area contributed by atoms with Gasteiger partial charge in [-0.1, -0.05) is 0 Å². The molecule has 1 aromatic rings. The molecule has 0 bridgehead atoms. The van der Waals surface area contributed by atoms with E-state index in [1.54, 1.807) is 6.07 Å². The molecule has 2 aliphatic rings. The zero-order valence-electron chi connectivity index (χ0n) is 14.0. The van der Waals surface area contributed by atoms with Crippen LogP contribution in [-0.2, 0) is 0 Å². The lowest BCUT2D eigenvalue weighted by Crippen LogP contribution is -2.52. The Labute approximate surface area is 142 Å². The van der Waals surface area contributed by atoms with Crippen LogP contribution in [0.2, 0.25) is 0 Å². The van der Waals surface area contributed by atoms with E-state index in [0.717, 1.165) is 57.8 Å². The Kier molecular flexibility index (Phi) is 4.97. The first kappa shape index (κ1) is 16.7. The number of non-ortho nitro benzene ring substituents is 1. The Bertz CT molecular complexity index is 641. The van der Waals surface area contributed by atoms with Crippen LogP contribution in [0.3, 0.4) is 0 Å². The molecule has 7 nitrogen and oxygen atoms in total. The molecule has 0 N–H and O–H groups in total. The SMILES string of the molecule is CN1CCN(C2CCN(c3ccc([N+](=O)[O-])cc3C#N)CC2)CC1. The number of piperidine rings is 1. The number of nitro benzene ring substituents is 1. The molecule has 0 saturated carbocycles. The van der Waals surface area contributed by atoms with Crippen molar-refractivity contribution in [3.63, 3.8) is 0 Å². The highest BCUT2D eigenvalue weighted by Crippen LogP contribution is 2.28. The van der Waals surface area contributed by atoms with Crippen LogP contribution in [0, 0.1) is 21.4 Å². The summed E-state index contributed by atoms with van der Waals surface area (Å²) in [6, 6.07) is 7.30. The van der Waals surface area contributed by atoms with Gasteiger partial charge >= 0.3 is 0 Å². The maximum Gasteiger partial charge on any atom is 0.270 e. The van der Waals surface area contributed by atoms with E-state index in [2.05, 4.69) is 27.8 Å². The van der Waals surface area contributed by atoms with Gasteiger partial charge in [0.25, 0.3) is 5.69 Å². The van der Waals surface area contributed by atoms with E-state index >= 15 is 0 Å². The number of piperazine rings is 1. The third-order valence-electron chi connectivity index (χ3n) is 5.17. The van der Waals surface area contributed by atoms with Crippen LogP contribution in [0.15, 0.2) is 18.2 Å². The molecule has 0 spiro atoms. The molecule has 0 aromatic heterocycles. The summed E-state index contributed by atoms with van der Waals surface area (Å²) < 4.78 is 0. The largest absolute Gasteiger partial charge is 0.370 e. The van der Waals surface area contributed by atoms with Gasteiger partial charge in [-0.3, -0.25) is 15.0 Å². The van der Waals surface area contributed by atoms with Crippen LogP contribution in [0.4, 0.5) is 11.4 Å². The van der Waals surface area contributed by atoms with Crippen molar-refractivity contribution in [3.05, 3.63) is 33.9 Å². The summed E-state index contributed by atoms with van der Waals surface area (Å²) in [7, 11) is 2.16. The summed E-state index contributed by atoms with van der Waals surface area (Å²) in [6.07, 6.45) is 2.15. The lowest BCUT2D eigenvalue weighted by molar-refractivity contribution is -0.384. The molecular formula is C17H23N5O2. The van der Waals surface area contributed by atoms with Gasteiger partial charge in [-0.25, -0.2) is 0 Å². The number of anilines is 1. The second-order valence-electron chi connectivity index (χ2n) is 6.63. The van der Waals surface area contributed by atoms with Gasteiger partial charge in [-0.2, -0.15) is 5.26 Å². The molecule has 0 unspecified atom stereocenters. The van der Waals surface area contributed by atoms with Crippen molar-refractivity contribution in [2.24, 2.45) is 0 Å². The fourth-order valence-corrected chi connectivity index (χ4v) is 3.66. The van der Waals surface area contributed by atoms with Crippen molar-refractivity contribution < 1.29 is 4.92 Å². The smallest absolute Gasteiger partial charge is 0.270 e. The number of hydrogen-bond acceptors (Lipinski definition) is 6. The highest BCUT2D eigenvalue weighted by Gasteiger charge is 2.27. The van der Waals surface area contributed by atoms with E-state index in [9.17, 15) is 15.4 Å². The van der Waals surface area contributed by atoms with Gasteiger partial charge in [-0.15, -0.1) is 0 Å². The first-order valence-electron chi connectivity index (χ1n) is 8.44. The average Bonchev–Trinajstić information content (AvgIpc) is 2.62. The Hall–Kier alpha value is -2.17. The minimum absolute atomic E-state index is 0.0253. The quantitative estimate of drug-likeness (QED) is 0.620. The summed E-state index contributed by atoms with van der Waals surface area (Å²) in [5.74, 6) is 0. The fourth-order valence-electron chi connectivity index (χ4n) is 3.66. The lowest BCUT2D eigenvalue weighted by atomic mass is 10.0. The molecule has 2 heterocycles. The molecule has 2 aliphatic heterocycles. The van der Waals surface area contributed by atoms with Gasteiger partial charge in [0.1, 0.15) is 6.07 Å². The lowest BCUT2D eigenvalue weighted by Gasteiger charge is -2.42. The van der Waals surface area contributed by atoms with Crippen molar-refractivity contribution in [2.75, 3.05) is 51.2 Å². The maximum atomic E-state index is 10.9.